The lowest BCUT2D eigenvalue weighted by Crippen LogP contribution is -2.54. The van der Waals surface area contributed by atoms with Gasteiger partial charge in [0.25, 0.3) is 0 Å². The van der Waals surface area contributed by atoms with E-state index in [2.05, 4.69) is 10.4 Å². The van der Waals surface area contributed by atoms with Crippen LogP contribution in [0.15, 0.2) is 12.4 Å². The topological polar surface area (TPSA) is 72.9 Å². The zero-order valence-corrected chi connectivity index (χ0v) is 10.9. The van der Waals surface area contributed by atoms with E-state index in [-0.39, 0.29) is 11.9 Å². The van der Waals surface area contributed by atoms with Crippen LogP contribution < -0.4 is 11.1 Å². The van der Waals surface area contributed by atoms with Crippen molar-refractivity contribution in [2.45, 2.75) is 49.7 Å². The van der Waals surface area contributed by atoms with Gasteiger partial charge >= 0.3 is 0 Å². The third-order valence-corrected chi connectivity index (χ3v) is 4.16. The Balaban J connectivity index is 1.76. The van der Waals surface area contributed by atoms with E-state index in [1.165, 1.54) is 0 Å². The van der Waals surface area contributed by atoms with Gasteiger partial charge in [0.15, 0.2) is 0 Å². The van der Waals surface area contributed by atoms with Gasteiger partial charge in [-0.3, -0.25) is 9.48 Å². The largest absolute Gasteiger partial charge is 0.368 e. The van der Waals surface area contributed by atoms with Crippen molar-refractivity contribution < 1.29 is 4.79 Å². The van der Waals surface area contributed by atoms with Crippen LogP contribution in [0.25, 0.3) is 0 Å². The number of nitrogens with zero attached hydrogens (tertiary/aromatic N) is 2. The molecule has 0 bridgehead atoms. The lowest BCUT2D eigenvalue weighted by Gasteiger charge is -2.27. The molecule has 2 aliphatic carbocycles. The van der Waals surface area contributed by atoms with E-state index in [0.29, 0.717) is 17.5 Å². The first-order valence-corrected chi connectivity index (χ1v) is 6.74. The summed E-state index contributed by atoms with van der Waals surface area (Å²) in [5.41, 5.74) is 5.05. The second-order valence-electron chi connectivity index (χ2n) is 5.40. The highest BCUT2D eigenvalue weighted by Crippen LogP contribution is 2.39. The van der Waals surface area contributed by atoms with Gasteiger partial charge in [-0.25, -0.2) is 0 Å². The minimum atomic E-state index is -0.551. The third-order valence-electron chi connectivity index (χ3n) is 3.96. The Morgan fingerprint density at radius 1 is 1.56 bits per heavy atom. The minimum absolute atomic E-state index is 0.205. The van der Waals surface area contributed by atoms with Crippen LogP contribution in [-0.2, 0) is 4.79 Å². The molecule has 1 amide bonds. The summed E-state index contributed by atoms with van der Waals surface area (Å²) >= 11 is 5.88. The molecular formula is C12H17ClN4O. The number of hydrogen-bond acceptors (Lipinski definition) is 3. The monoisotopic (exact) mass is 268 g/mol. The van der Waals surface area contributed by atoms with Gasteiger partial charge in [-0.05, 0) is 32.1 Å². The van der Waals surface area contributed by atoms with Gasteiger partial charge in [-0.2, -0.15) is 5.10 Å². The van der Waals surface area contributed by atoms with Crippen molar-refractivity contribution in [3.05, 3.63) is 17.4 Å². The van der Waals surface area contributed by atoms with Crippen LogP contribution in [0.5, 0.6) is 0 Å². The molecule has 2 saturated carbocycles. The van der Waals surface area contributed by atoms with Gasteiger partial charge in [-0.1, -0.05) is 11.6 Å². The zero-order chi connectivity index (χ0) is 12.8. The van der Waals surface area contributed by atoms with Crippen LogP contribution in [0.1, 0.15) is 38.1 Å². The van der Waals surface area contributed by atoms with Crippen LogP contribution in [0.3, 0.4) is 0 Å². The minimum Gasteiger partial charge on any atom is -0.368 e. The number of hydrogen-bond donors (Lipinski definition) is 2. The van der Waals surface area contributed by atoms with E-state index in [9.17, 15) is 4.79 Å². The predicted octanol–water partition coefficient (Wildman–Crippen LogP) is 1.24. The van der Waals surface area contributed by atoms with Crippen LogP contribution >= 0.6 is 11.6 Å². The highest BCUT2D eigenvalue weighted by molar-refractivity contribution is 6.30. The first kappa shape index (κ1) is 12.0. The van der Waals surface area contributed by atoms with E-state index >= 15 is 0 Å². The van der Waals surface area contributed by atoms with Crippen LogP contribution in [0.4, 0.5) is 0 Å². The molecule has 98 valence electrons. The number of nitrogens with two attached hydrogens (primary N) is 1. The predicted molar refractivity (Wildman–Crippen MR) is 68.2 cm³/mol. The van der Waals surface area contributed by atoms with Gasteiger partial charge in [0.2, 0.25) is 5.91 Å². The summed E-state index contributed by atoms with van der Waals surface area (Å²) in [4.78, 5) is 11.8. The molecule has 1 heterocycles. The SMILES string of the molecule is NC(=O)C1(NC2CC2)CCC(n2cc(Cl)cn2)C1. The summed E-state index contributed by atoms with van der Waals surface area (Å²) < 4.78 is 1.85. The summed E-state index contributed by atoms with van der Waals surface area (Å²) in [6.07, 6.45) is 8.11. The summed E-state index contributed by atoms with van der Waals surface area (Å²) in [5.74, 6) is -0.241. The van der Waals surface area contributed by atoms with Crippen LogP contribution in [0.2, 0.25) is 5.02 Å². The number of rotatable bonds is 4. The molecule has 5 nitrogen and oxygen atoms in total. The number of carbonyl (C=O) groups is 1. The van der Waals surface area contributed by atoms with Crippen molar-refractivity contribution >= 4 is 17.5 Å². The lowest BCUT2D eigenvalue weighted by molar-refractivity contribution is -0.124. The fourth-order valence-electron chi connectivity index (χ4n) is 2.80. The number of amides is 1. The maximum Gasteiger partial charge on any atom is 0.237 e. The van der Waals surface area contributed by atoms with Gasteiger partial charge < -0.3 is 11.1 Å². The van der Waals surface area contributed by atoms with Crippen molar-refractivity contribution in [1.29, 1.82) is 0 Å². The van der Waals surface area contributed by atoms with Crippen molar-refractivity contribution in [3.63, 3.8) is 0 Å². The molecule has 0 saturated heterocycles. The van der Waals surface area contributed by atoms with E-state index < -0.39 is 5.54 Å². The summed E-state index contributed by atoms with van der Waals surface area (Å²) in [5, 5.41) is 8.27. The molecule has 2 aliphatic rings. The van der Waals surface area contributed by atoms with Gasteiger partial charge in [0.1, 0.15) is 0 Å². The summed E-state index contributed by atoms with van der Waals surface area (Å²) in [6.45, 7) is 0. The van der Waals surface area contributed by atoms with E-state index in [1.807, 2.05) is 4.68 Å². The first-order chi connectivity index (χ1) is 8.59. The number of nitrogens with one attached hydrogen (secondary N) is 1. The molecule has 1 aromatic rings. The molecule has 2 atom stereocenters. The van der Waals surface area contributed by atoms with Crippen molar-refractivity contribution in [2.24, 2.45) is 5.73 Å². The Hall–Kier alpha value is -1.07. The Kier molecular flexibility index (Phi) is 2.83. The highest BCUT2D eigenvalue weighted by atomic mass is 35.5. The molecule has 18 heavy (non-hydrogen) atoms. The lowest BCUT2D eigenvalue weighted by atomic mass is 9.96. The van der Waals surface area contributed by atoms with Crippen LogP contribution in [-0.4, -0.2) is 27.3 Å². The van der Waals surface area contributed by atoms with Crippen LogP contribution in [0, 0.1) is 0 Å². The normalized spacial score (nSPS) is 31.7. The molecule has 3 rings (SSSR count). The van der Waals surface area contributed by atoms with Crippen molar-refractivity contribution in [3.8, 4) is 0 Å². The maximum absolute atomic E-state index is 11.8. The van der Waals surface area contributed by atoms with Crippen molar-refractivity contribution in [1.82, 2.24) is 15.1 Å². The standard InChI is InChI=1S/C12H17ClN4O/c13-8-6-15-17(7-8)10-3-4-12(5-10,11(14)18)16-9-1-2-9/h6-7,9-10,16H,1-5H2,(H2,14,18). The Morgan fingerprint density at radius 3 is 2.89 bits per heavy atom. The quantitative estimate of drug-likeness (QED) is 0.863. The first-order valence-electron chi connectivity index (χ1n) is 6.36. The van der Waals surface area contributed by atoms with Crippen molar-refractivity contribution in [2.75, 3.05) is 0 Å². The van der Waals surface area contributed by atoms with Gasteiger partial charge in [0.05, 0.1) is 22.8 Å². The molecule has 0 aromatic carbocycles. The Morgan fingerprint density at radius 2 is 2.33 bits per heavy atom. The zero-order valence-electron chi connectivity index (χ0n) is 10.1. The highest BCUT2D eigenvalue weighted by Gasteiger charge is 2.47. The fraction of sp³-hybridized carbons (Fsp3) is 0.667. The van der Waals surface area contributed by atoms with Gasteiger partial charge in [-0.15, -0.1) is 0 Å². The average Bonchev–Trinajstić information content (AvgIpc) is 2.85. The molecule has 2 unspecified atom stereocenters. The molecule has 6 heteroatoms. The molecule has 0 radical (unpaired) electrons. The maximum atomic E-state index is 11.8. The third kappa shape index (κ3) is 2.12. The molecule has 1 aromatic heterocycles. The van der Waals surface area contributed by atoms with E-state index in [4.69, 9.17) is 17.3 Å². The molecule has 2 fully saturated rings. The number of halogens is 1. The molecule has 0 aliphatic heterocycles. The van der Waals surface area contributed by atoms with E-state index in [0.717, 1.165) is 25.7 Å². The Labute approximate surface area is 111 Å². The molecule has 3 N–H and O–H groups in total. The average molecular weight is 269 g/mol. The second kappa shape index (κ2) is 4.24. The summed E-state index contributed by atoms with van der Waals surface area (Å²) in [7, 11) is 0. The van der Waals surface area contributed by atoms with Gasteiger partial charge in [0, 0.05) is 12.2 Å². The van der Waals surface area contributed by atoms with E-state index in [1.54, 1.807) is 12.4 Å². The molecular weight excluding hydrogens is 252 g/mol. The second-order valence-corrected chi connectivity index (χ2v) is 5.84. The summed E-state index contributed by atoms with van der Waals surface area (Å²) in [6, 6.07) is 0.675. The number of carbonyl (C=O) groups excluding carboxylic acids is 1. The number of primary amides is 1. The fourth-order valence-corrected chi connectivity index (χ4v) is 2.95. The molecule has 0 spiro atoms. The number of aromatic nitrogens is 2. The smallest absolute Gasteiger partial charge is 0.237 e. The Bertz CT molecular complexity index is 470.